The highest BCUT2D eigenvalue weighted by molar-refractivity contribution is 14.0. The maximum absolute atomic E-state index is 5.59. The van der Waals surface area contributed by atoms with E-state index in [4.69, 9.17) is 4.74 Å². The second kappa shape index (κ2) is 11.8. The van der Waals surface area contributed by atoms with Crippen LogP contribution in [-0.4, -0.2) is 87.9 Å². The maximum atomic E-state index is 5.59. The number of nitrogens with one attached hydrogen (secondary N) is 2. The Morgan fingerprint density at radius 2 is 1.70 bits per heavy atom. The zero-order valence-corrected chi connectivity index (χ0v) is 19.7. The van der Waals surface area contributed by atoms with Crippen molar-refractivity contribution < 1.29 is 4.74 Å². The summed E-state index contributed by atoms with van der Waals surface area (Å²) in [4.78, 5) is 9.61. The van der Waals surface area contributed by atoms with Crippen molar-refractivity contribution in [3.63, 3.8) is 0 Å². The monoisotopic (exact) mass is 493 g/mol. The van der Waals surface area contributed by atoms with E-state index in [-0.39, 0.29) is 29.5 Å². The number of hydrogen-bond acceptors (Lipinski definition) is 4. The standard InChI is InChI=1S/C20H39N5O.HI/c1-21-19(22-16-18-6-10-24(2)11-7-18)23-17-20(8-4-3-5-9-20)25-12-14-26-15-13-25;/h18H,3-17H2,1-2H3,(H2,21,22,23);1H. The van der Waals surface area contributed by atoms with Crippen LogP contribution >= 0.6 is 24.0 Å². The Labute approximate surface area is 182 Å². The Morgan fingerprint density at radius 3 is 2.33 bits per heavy atom. The molecule has 3 fully saturated rings. The smallest absolute Gasteiger partial charge is 0.191 e. The molecule has 2 heterocycles. The van der Waals surface area contributed by atoms with Gasteiger partial charge in [0, 0.05) is 38.8 Å². The Morgan fingerprint density at radius 1 is 1.04 bits per heavy atom. The Hall–Kier alpha value is -0.120. The summed E-state index contributed by atoms with van der Waals surface area (Å²) in [6.45, 7) is 8.39. The van der Waals surface area contributed by atoms with Gasteiger partial charge in [0.1, 0.15) is 0 Å². The van der Waals surface area contributed by atoms with Crippen molar-refractivity contribution in [2.45, 2.75) is 50.5 Å². The summed E-state index contributed by atoms with van der Waals surface area (Å²) in [5, 5.41) is 7.26. The zero-order valence-electron chi connectivity index (χ0n) is 17.3. The Kier molecular flexibility index (Phi) is 10.1. The van der Waals surface area contributed by atoms with Gasteiger partial charge in [-0.2, -0.15) is 0 Å². The zero-order chi connectivity index (χ0) is 18.2. The number of hydrogen-bond donors (Lipinski definition) is 2. The van der Waals surface area contributed by atoms with Gasteiger partial charge in [-0.25, -0.2) is 0 Å². The Bertz CT molecular complexity index is 442. The van der Waals surface area contributed by atoms with Crippen LogP contribution in [0, 0.1) is 5.92 Å². The van der Waals surface area contributed by atoms with Gasteiger partial charge in [0.2, 0.25) is 0 Å². The molecule has 2 saturated heterocycles. The van der Waals surface area contributed by atoms with Gasteiger partial charge in [-0.05, 0) is 51.7 Å². The van der Waals surface area contributed by atoms with Crippen LogP contribution in [-0.2, 0) is 4.74 Å². The maximum Gasteiger partial charge on any atom is 0.191 e. The van der Waals surface area contributed by atoms with Gasteiger partial charge < -0.3 is 20.3 Å². The first-order valence-electron chi connectivity index (χ1n) is 10.7. The van der Waals surface area contributed by atoms with Crippen LogP contribution in [0.3, 0.4) is 0 Å². The molecule has 1 saturated carbocycles. The summed E-state index contributed by atoms with van der Waals surface area (Å²) in [5.41, 5.74) is 0.285. The lowest BCUT2D eigenvalue weighted by Gasteiger charge is -2.48. The SMILES string of the molecule is CN=C(NCC1CCN(C)CC1)NCC1(N2CCOCC2)CCCCC1.I. The molecule has 0 spiro atoms. The third-order valence-electron chi connectivity index (χ3n) is 6.67. The second-order valence-electron chi connectivity index (χ2n) is 8.44. The summed E-state index contributed by atoms with van der Waals surface area (Å²) in [7, 11) is 4.12. The van der Waals surface area contributed by atoms with Crippen molar-refractivity contribution >= 4 is 29.9 Å². The van der Waals surface area contributed by atoms with Gasteiger partial charge in [0.05, 0.1) is 13.2 Å². The third-order valence-corrected chi connectivity index (χ3v) is 6.67. The van der Waals surface area contributed by atoms with E-state index < -0.39 is 0 Å². The number of ether oxygens (including phenoxy) is 1. The average Bonchev–Trinajstić information content (AvgIpc) is 2.71. The highest BCUT2D eigenvalue weighted by Gasteiger charge is 2.38. The number of aliphatic imine (C=N–C) groups is 1. The van der Waals surface area contributed by atoms with Gasteiger partial charge in [0.15, 0.2) is 5.96 Å². The normalized spacial score (nSPS) is 25.6. The van der Waals surface area contributed by atoms with E-state index in [0.717, 1.165) is 51.3 Å². The van der Waals surface area contributed by atoms with Crippen LogP contribution in [0.2, 0.25) is 0 Å². The van der Waals surface area contributed by atoms with Crippen LogP contribution in [0.5, 0.6) is 0 Å². The van der Waals surface area contributed by atoms with Crippen LogP contribution in [0.4, 0.5) is 0 Å². The highest BCUT2D eigenvalue weighted by Crippen LogP contribution is 2.33. The van der Waals surface area contributed by atoms with Gasteiger partial charge >= 0.3 is 0 Å². The summed E-state index contributed by atoms with van der Waals surface area (Å²) in [6.07, 6.45) is 9.25. The van der Waals surface area contributed by atoms with Crippen LogP contribution in [0.1, 0.15) is 44.9 Å². The van der Waals surface area contributed by atoms with E-state index in [1.165, 1.54) is 58.0 Å². The van der Waals surface area contributed by atoms with E-state index in [2.05, 4.69) is 32.5 Å². The minimum atomic E-state index is 0. The lowest BCUT2D eigenvalue weighted by atomic mass is 9.80. The molecule has 0 atom stereocenters. The number of piperidine rings is 1. The quantitative estimate of drug-likeness (QED) is 0.349. The van der Waals surface area contributed by atoms with Gasteiger partial charge in [-0.3, -0.25) is 9.89 Å². The van der Waals surface area contributed by atoms with E-state index in [1.807, 2.05) is 7.05 Å². The molecular formula is C20H40IN5O. The second-order valence-corrected chi connectivity index (χ2v) is 8.44. The molecule has 6 nitrogen and oxygen atoms in total. The number of halogens is 1. The molecule has 3 aliphatic rings. The molecule has 158 valence electrons. The molecule has 0 aromatic carbocycles. The predicted molar refractivity (Wildman–Crippen MR) is 123 cm³/mol. The van der Waals surface area contributed by atoms with Crippen molar-refractivity contribution in [2.75, 3.05) is 66.6 Å². The fourth-order valence-corrected chi connectivity index (χ4v) is 4.83. The van der Waals surface area contributed by atoms with E-state index in [1.54, 1.807) is 0 Å². The molecule has 1 aliphatic carbocycles. The molecule has 2 N–H and O–H groups in total. The van der Waals surface area contributed by atoms with Crippen molar-refractivity contribution in [2.24, 2.45) is 10.9 Å². The number of rotatable bonds is 5. The van der Waals surface area contributed by atoms with Crippen molar-refractivity contribution in [3.8, 4) is 0 Å². The van der Waals surface area contributed by atoms with Crippen molar-refractivity contribution in [1.29, 1.82) is 0 Å². The molecular weight excluding hydrogens is 453 g/mol. The largest absolute Gasteiger partial charge is 0.379 e. The van der Waals surface area contributed by atoms with Crippen LogP contribution in [0.25, 0.3) is 0 Å². The lowest BCUT2D eigenvalue weighted by molar-refractivity contribution is -0.0352. The summed E-state index contributed by atoms with van der Waals surface area (Å²) >= 11 is 0. The van der Waals surface area contributed by atoms with E-state index in [0.29, 0.717) is 0 Å². The van der Waals surface area contributed by atoms with Gasteiger partial charge in [-0.1, -0.05) is 19.3 Å². The summed E-state index contributed by atoms with van der Waals surface area (Å²) < 4.78 is 5.59. The molecule has 0 aromatic rings. The van der Waals surface area contributed by atoms with Crippen LogP contribution in [0.15, 0.2) is 4.99 Å². The van der Waals surface area contributed by atoms with Crippen LogP contribution < -0.4 is 10.6 Å². The topological polar surface area (TPSA) is 52.1 Å². The summed E-state index contributed by atoms with van der Waals surface area (Å²) in [6, 6.07) is 0. The number of likely N-dealkylation sites (tertiary alicyclic amines) is 1. The van der Waals surface area contributed by atoms with E-state index >= 15 is 0 Å². The Balaban J connectivity index is 0.00000261. The van der Waals surface area contributed by atoms with E-state index in [9.17, 15) is 0 Å². The minimum absolute atomic E-state index is 0. The average molecular weight is 493 g/mol. The fraction of sp³-hybridized carbons (Fsp3) is 0.950. The summed E-state index contributed by atoms with van der Waals surface area (Å²) in [5.74, 6) is 1.75. The molecule has 0 amide bonds. The molecule has 2 aliphatic heterocycles. The lowest BCUT2D eigenvalue weighted by Crippen LogP contribution is -2.60. The predicted octanol–water partition coefficient (Wildman–Crippen LogP) is 2.15. The number of guanidine groups is 1. The molecule has 0 aromatic heterocycles. The van der Waals surface area contributed by atoms with Crippen molar-refractivity contribution in [3.05, 3.63) is 0 Å². The van der Waals surface area contributed by atoms with Gasteiger partial charge in [0.25, 0.3) is 0 Å². The third kappa shape index (κ3) is 6.72. The minimum Gasteiger partial charge on any atom is -0.379 e. The number of nitrogens with zero attached hydrogens (tertiary/aromatic N) is 3. The van der Waals surface area contributed by atoms with Crippen molar-refractivity contribution in [1.82, 2.24) is 20.4 Å². The van der Waals surface area contributed by atoms with Gasteiger partial charge in [-0.15, -0.1) is 24.0 Å². The molecule has 27 heavy (non-hydrogen) atoms. The molecule has 0 radical (unpaired) electrons. The first-order valence-corrected chi connectivity index (χ1v) is 10.7. The molecule has 7 heteroatoms. The molecule has 0 unspecified atom stereocenters. The highest BCUT2D eigenvalue weighted by atomic mass is 127. The molecule has 3 rings (SSSR count). The number of morpholine rings is 1. The first kappa shape index (κ1) is 23.2. The first-order chi connectivity index (χ1) is 12.7. The fourth-order valence-electron chi connectivity index (χ4n) is 4.83. The molecule has 0 bridgehead atoms.